The normalized spacial score (nSPS) is 10.4. The van der Waals surface area contributed by atoms with Crippen LogP contribution in [0, 0.1) is 6.92 Å². The summed E-state index contributed by atoms with van der Waals surface area (Å²) in [6.45, 7) is 6.13. The van der Waals surface area contributed by atoms with E-state index >= 15 is 0 Å². The van der Waals surface area contributed by atoms with Gasteiger partial charge in [0.2, 0.25) is 0 Å². The van der Waals surface area contributed by atoms with Gasteiger partial charge in [-0.3, -0.25) is 0 Å². The lowest BCUT2D eigenvalue weighted by molar-refractivity contribution is 1.47. The molecule has 3 rings (SSSR count). The lowest BCUT2D eigenvalue weighted by atomic mass is 10.1. The molecule has 88 valence electrons. The molecular formula is C15H15BrS. The number of rotatable bonds is 0. The van der Waals surface area contributed by atoms with Gasteiger partial charge in [0.1, 0.15) is 0 Å². The summed E-state index contributed by atoms with van der Waals surface area (Å²) < 4.78 is 3.93. The molecule has 2 aromatic carbocycles. The van der Waals surface area contributed by atoms with Gasteiger partial charge in [-0.15, -0.1) is 11.3 Å². The van der Waals surface area contributed by atoms with Crippen molar-refractivity contribution in [3.63, 3.8) is 0 Å². The molecule has 0 aliphatic carbocycles. The first-order valence-corrected chi connectivity index (χ1v) is 7.44. The molecule has 0 nitrogen and oxygen atoms in total. The third-order valence-corrected chi connectivity index (χ3v) is 4.65. The minimum Gasteiger partial charge on any atom is -0.135 e. The molecular weight excluding hydrogens is 292 g/mol. The quantitative estimate of drug-likeness (QED) is 0.467. The summed E-state index contributed by atoms with van der Waals surface area (Å²) in [5, 5.41) is 2.71. The van der Waals surface area contributed by atoms with Crippen LogP contribution < -0.4 is 0 Å². The Morgan fingerprint density at radius 1 is 0.941 bits per heavy atom. The molecule has 0 aliphatic rings. The maximum Gasteiger partial charge on any atom is 0.0358 e. The number of hydrogen-bond acceptors (Lipinski definition) is 1. The Bertz CT molecular complexity index is 652. The number of benzene rings is 2. The molecule has 0 saturated heterocycles. The van der Waals surface area contributed by atoms with Crippen LogP contribution in [-0.2, 0) is 0 Å². The molecule has 0 spiro atoms. The maximum absolute atomic E-state index is 3.59. The van der Waals surface area contributed by atoms with Gasteiger partial charge in [0, 0.05) is 24.6 Å². The number of thiophene rings is 1. The molecule has 0 N–H and O–H groups in total. The summed E-state index contributed by atoms with van der Waals surface area (Å²) in [7, 11) is 0. The van der Waals surface area contributed by atoms with Gasteiger partial charge >= 0.3 is 0 Å². The predicted molar refractivity (Wildman–Crippen MR) is 83.1 cm³/mol. The van der Waals surface area contributed by atoms with Crippen LogP contribution in [0.1, 0.15) is 19.4 Å². The average molecular weight is 307 g/mol. The van der Waals surface area contributed by atoms with Gasteiger partial charge in [-0.25, -0.2) is 0 Å². The minimum absolute atomic E-state index is 1.19. The van der Waals surface area contributed by atoms with Gasteiger partial charge in [0.25, 0.3) is 0 Å². The molecule has 0 saturated carbocycles. The summed E-state index contributed by atoms with van der Waals surface area (Å²) in [4.78, 5) is 0. The van der Waals surface area contributed by atoms with Crippen molar-refractivity contribution in [2.45, 2.75) is 20.8 Å². The van der Waals surface area contributed by atoms with Gasteiger partial charge in [0.05, 0.1) is 0 Å². The van der Waals surface area contributed by atoms with Crippen molar-refractivity contribution in [3.05, 3.63) is 46.4 Å². The third kappa shape index (κ3) is 2.24. The van der Waals surface area contributed by atoms with Gasteiger partial charge < -0.3 is 0 Å². The zero-order chi connectivity index (χ0) is 12.4. The lowest BCUT2D eigenvalue weighted by Crippen LogP contribution is -1.73. The largest absolute Gasteiger partial charge is 0.135 e. The zero-order valence-corrected chi connectivity index (χ0v) is 12.7. The lowest BCUT2D eigenvalue weighted by Gasteiger charge is -1.97. The van der Waals surface area contributed by atoms with E-state index in [1.54, 1.807) is 0 Å². The van der Waals surface area contributed by atoms with E-state index in [4.69, 9.17) is 0 Å². The van der Waals surface area contributed by atoms with E-state index in [0.717, 1.165) is 0 Å². The van der Waals surface area contributed by atoms with Crippen molar-refractivity contribution >= 4 is 47.4 Å². The van der Waals surface area contributed by atoms with Crippen molar-refractivity contribution in [2.75, 3.05) is 0 Å². The van der Waals surface area contributed by atoms with Crippen LogP contribution >= 0.6 is 27.3 Å². The smallest absolute Gasteiger partial charge is 0.0358 e. The van der Waals surface area contributed by atoms with E-state index in [1.165, 1.54) is 30.2 Å². The highest BCUT2D eigenvalue weighted by atomic mass is 79.9. The van der Waals surface area contributed by atoms with Crippen molar-refractivity contribution in [1.29, 1.82) is 0 Å². The van der Waals surface area contributed by atoms with Crippen LogP contribution in [0.25, 0.3) is 20.2 Å². The Morgan fingerprint density at radius 2 is 1.65 bits per heavy atom. The highest BCUT2D eigenvalue weighted by Crippen LogP contribution is 2.36. The van der Waals surface area contributed by atoms with Crippen LogP contribution in [0.15, 0.2) is 40.9 Å². The molecule has 0 amide bonds. The van der Waals surface area contributed by atoms with Gasteiger partial charge in [-0.1, -0.05) is 48.0 Å². The fraction of sp³-hybridized carbons (Fsp3) is 0.200. The summed E-state index contributed by atoms with van der Waals surface area (Å²) in [5.41, 5.74) is 1.30. The first kappa shape index (κ1) is 12.6. The molecule has 0 unspecified atom stereocenters. The summed E-state index contributed by atoms with van der Waals surface area (Å²) in [6, 6.07) is 13.1. The monoisotopic (exact) mass is 306 g/mol. The number of halogens is 1. The number of hydrogen-bond donors (Lipinski definition) is 0. The van der Waals surface area contributed by atoms with Gasteiger partial charge in [-0.2, -0.15) is 0 Å². The van der Waals surface area contributed by atoms with E-state index in [0.29, 0.717) is 0 Å². The van der Waals surface area contributed by atoms with Gasteiger partial charge in [0.15, 0.2) is 0 Å². The summed E-state index contributed by atoms with van der Waals surface area (Å²) in [5.74, 6) is 0. The Kier molecular flexibility index (Phi) is 3.85. The molecule has 0 bridgehead atoms. The first-order valence-electron chi connectivity index (χ1n) is 5.83. The summed E-state index contributed by atoms with van der Waals surface area (Å²) >= 11 is 5.46. The van der Waals surface area contributed by atoms with Crippen molar-refractivity contribution in [3.8, 4) is 0 Å². The molecule has 0 atom stereocenters. The van der Waals surface area contributed by atoms with Crippen LogP contribution in [0.3, 0.4) is 0 Å². The fourth-order valence-corrected chi connectivity index (χ4v) is 3.38. The second-order valence-corrected chi connectivity index (χ2v) is 5.63. The van der Waals surface area contributed by atoms with E-state index in [9.17, 15) is 0 Å². The van der Waals surface area contributed by atoms with Crippen LogP contribution in [-0.4, -0.2) is 0 Å². The molecule has 17 heavy (non-hydrogen) atoms. The standard InChI is InChI=1S/C13H9BrS.C2H6/c1-8-6-13-10(7-11(8)14)9-4-2-3-5-12(9)15-13;1-2/h2-7H,1H3;1-2H3. The first-order chi connectivity index (χ1) is 8.25. The minimum atomic E-state index is 1.19. The van der Waals surface area contributed by atoms with E-state index in [-0.39, 0.29) is 0 Å². The Labute approximate surface area is 114 Å². The molecule has 0 fully saturated rings. The molecule has 0 radical (unpaired) electrons. The number of aryl methyl sites for hydroxylation is 1. The second-order valence-electron chi connectivity index (χ2n) is 3.70. The van der Waals surface area contributed by atoms with Crippen molar-refractivity contribution in [1.82, 2.24) is 0 Å². The van der Waals surface area contributed by atoms with Crippen LogP contribution in [0.4, 0.5) is 0 Å². The summed E-state index contributed by atoms with van der Waals surface area (Å²) in [6.07, 6.45) is 0. The fourth-order valence-electron chi connectivity index (χ4n) is 1.85. The topological polar surface area (TPSA) is 0 Å². The van der Waals surface area contributed by atoms with Crippen molar-refractivity contribution < 1.29 is 0 Å². The second kappa shape index (κ2) is 5.19. The van der Waals surface area contributed by atoms with E-state index in [2.05, 4.69) is 59.3 Å². The van der Waals surface area contributed by atoms with E-state index < -0.39 is 0 Å². The van der Waals surface area contributed by atoms with Crippen LogP contribution in [0.5, 0.6) is 0 Å². The highest BCUT2D eigenvalue weighted by molar-refractivity contribution is 9.10. The highest BCUT2D eigenvalue weighted by Gasteiger charge is 2.05. The SMILES string of the molecule is CC.Cc1cc2sc3ccccc3c2cc1Br. The molecule has 1 heterocycles. The average Bonchev–Trinajstić information content (AvgIpc) is 2.70. The van der Waals surface area contributed by atoms with Gasteiger partial charge in [-0.05, 0) is 30.7 Å². The maximum atomic E-state index is 3.59. The molecule has 3 aromatic rings. The molecule has 1 aromatic heterocycles. The van der Waals surface area contributed by atoms with Crippen LogP contribution in [0.2, 0.25) is 0 Å². The Hall–Kier alpha value is -0.860. The number of fused-ring (bicyclic) bond motifs is 3. The third-order valence-electron chi connectivity index (χ3n) is 2.66. The molecule has 0 aliphatic heterocycles. The predicted octanol–water partition coefficient (Wildman–Crippen LogP) is 6.15. The zero-order valence-electron chi connectivity index (χ0n) is 10.3. The Balaban J connectivity index is 0.000000514. The Morgan fingerprint density at radius 3 is 2.41 bits per heavy atom. The van der Waals surface area contributed by atoms with E-state index in [1.807, 2.05) is 25.2 Å². The molecule has 2 heteroatoms. The van der Waals surface area contributed by atoms with Crippen molar-refractivity contribution in [2.24, 2.45) is 0 Å².